The first-order valence-corrected chi connectivity index (χ1v) is 8.24. The monoisotopic (exact) mass is 353 g/mol. The third-order valence-electron chi connectivity index (χ3n) is 4.14. The maximum absolute atomic E-state index is 13.0. The number of ether oxygens (including phenoxy) is 1. The van der Waals surface area contributed by atoms with Crippen molar-refractivity contribution in [2.24, 2.45) is 5.73 Å². The van der Waals surface area contributed by atoms with Crippen LogP contribution in [0.3, 0.4) is 0 Å². The number of morpholine rings is 1. The summed E-state index contributed by atoms with van der Waals surface area (Å²) in [5, 5.41) is 9.17. The highest BCUT2D eigenvalue weighted by Gasteiger charge is 2.26. The highest BCUT2D eigenvalue weighted by Crippen LogP contribution is 2.23. The fraction of sp³-hybridized carbons (Fsp3) is 0.333. The van der Waals surface area contributed by atoms with Crippen LogP contribution in [-0.4, -0.2) is 40.6 Å². The second kappa shape index (κ2) is 6.98. The van der Waals surface area contributed by atoms with Gasteiger partial charge in [-0.2, -0.15) is 5.26 Å². The van der Waals surface area contributed by atoms with E-state index in [1.807, 2.05) is 18.7 Å². The first-order valence-electron chi connectivity index (χ1n) is 8.24. The minimum absolute atomic E-state index is 0.0433. The molecule has 2 aromatic heterocycles. The molecule has 2 aromatic rings. The number of fused-ring (bicyclic) bond motifs is 1. The van der Waals surface area contributed by atoms with Gasteiger partial charge in [-0.15, -0.1) is 0 Å². The largest absolute Gasteiger partial charge is 0.372 e. The number of aromatic nitrogens is 2. The predicted molar refractivity (Wildman–Crippen MR) is 96.5 cm³/mol. The van der Waals surface area contributed by atoms with Gasteiger partial charge in [0, 0.05) is 19.3 Å². The molecule has 134 valence electrons. The number of nitriles is 1. The Morgan fingerprint density at radius 1 is 1.38 bits per heavy atom. The van der Waals surface area contributed by atoms with Gasteiger partial charge in [-0.25, -0.2) is 4.98 Å². The summed E-state index contributed by atoms with van der Waals surface area (Å²) in [5.41, 5.74) is 5.21. The maximum atomic E-state index is 13.0. The number of hydrogen-bond donors (Lipinski definition) is 1. The number of primary amides is 1. The van der Waals surface area contributed by atoms with Crippen molar-refractivity contribution in [3.05, 3.63) is 45.9 Å². The highest BCUT2D eigenvalue weighted by atomic mass is 16.5. The molecule has 0 aromatic carbocycles. The summed E-state index contributed by atoms with van der Waals surface area (Å²) < 4.78 is 7.11. The second-order valence-electron chi connectivity index (χ2n) is 6.28. The van der Waals surface area contributed by atoms with Gasteiger partial charge in [0.1, 0.15) is 23.1 Å². The Morgan fingerprint density at radius 2 is 2.08 bits per heavy atom. The van der Waals surface area contributed by atoms with Crippen LogP contribution in [-0.2, 0) is 9.53 Å². The van der Waals surface area contributed by atoms with Gasteiger partial charge in [-0.1, -0.05) is 6.07 Å². The van der Waals surface area contributed by atoms with E-state index in [4.69, 9.17) is 15.7 Å². The summed E-state index contributed by atoms with van der Waals surface area (Å²) in [7, 11) is 0. The van der Waals surface area contributed by atoms with Crippen LogP contribution in [0.1, 0.15) is 19.4 Å². The zero-order chi connectivity index (χ0) is 18.8. The quantitative estimate of drug-likeness (QED) is 0.642. The van der Waals surface area contributed by atoms with Crippen molar-refractivity contribution in [2.45, 2.75) is 26.1 Å². The number of hydrogen-bond acceptors (Lipinski definition) is 6. The minimum Gasteiger partial charge on any atom is -0.372 e. The number of carbonyl (C=O) groups excluding carboxylic acids is 1. The van der Waals surface area contributed by atoms with Gasteiger partial charge >= 0.3 is 0 Å². The summed E-state index contributed by atoms with van der Waals surface area (Å²) in [4.78, 5) is 31.0. The molecule has 26 heavy (non-hydrogen) atoms. The van der Waals surface area contributed by atoms with E-state index >= 15 is 0 Å². The van der Waals surface area contributed by atoms with Gasteiger partial charge in [0.15, 0.2) is 0 Å². The summed E-state index contributed by atoms with van der Waals surface area (Å²) in [5.74, 6) is -0.475. The predicted octanol–water partition coefficient (Wildman–Crippen LogP) is 0.700. The van der Waals surface area contributed by atoms with Gasteiger partial charge < -0.3 is 15.4 Å². The molecule has 1 aliphatic heterocycles. The number of pyridine rings is 1. The Kier molecular flexibility index (Phi) is 4.73. The summed E-state index contributed by atoms with van der Waals surface area (Å²) in [6, 6.07) is 6.96. The van der Waals surface area contributed by atoms with Gasteiger partial charge in [-0.3, -0.25) is 14.0 Å². The third kappa shape index (κ3) is 3.30. The fourth-order valence-electron chi connectivity index (χ4n) is 3.11. The van der Waals surface area contributed by atoms with Crippen LogP contribution in [0.25, 0.3) is 11.7 Å². The van der Waals surface area contributed by atoms with Crippen LogP contribution < -0.4 is 16.2 Å². The number of amides is 1. The lowest BCUT2D eigenvalue weighted by atomic mass is 10.1. The number of rotatable bonds is 3. The van der Waals surface area contributed by atoms with Crippen LogP contribution in [0.2, 0.25) is 0 Å². The van der Waals surface area contributed by atoms with Crippen molar-refractivity contribution in [3.8, 4) is 6.07 Å². The van der Waals surface area contributed by atoms with Gasteiger partial charge in [0.25, 0.3) is 11.5 Å². The zero-order valence-electron chi connectivity index (χ0n) is 14.5. The first kappa shape index (κ1) is 17.6. The maximum Gasteiger partial charge on any atom is 0.267 e. The molecular weight excluding hydrogens is 334 g/mol. The fourth-order valence-corrected chi connectivity index (χ4v) is 3.11. The van der Waals surface area contributed by atoms with Gasteiger partial charge in [0.2, 0.25) is 0 Å². The summed E-state index contributed by atoms with van der Waals surface area (Å²) in [6.45, 7) is 4.96. The zero-order valence-corrected chi connectivity index (χ0v) is 14.5. The van der Waals surface area contributed by atoms with E-state index in [0.717, 1.165) is 0 Å². The van der Waals surface area contributed by atoms with Crippen molar-refractivity contribution in [2.75, 3.05) is 18.0 Å². The molecule has 0 spiro atoms. The molecular formula is C18H19N5O3. The molecule has 8 heteroatoms. The molecule has 1 amide bonds. The molecule has 2 unspecified atom stereocenters. The molecule has 3 rings (SSSR count). The van der Waals surface area contributed by atoms with Crippen LogP contribution in [0.4, 0.5) is 5.82 Å². The van der Waals surface area contributed by atoms with Crippen LogP contribution >= 0.6 is 0 Å². The molecule has 3 heterocycles. The summed E-state index contributed by atoms with van der Waals surface area (Å²) >= 11 is 0. The van der Waals surface area contributed by atoms with Crippen molar-refractivity contribution in [3.63, 3.8) is 0 Å². The Morgan fingerprint density at radius 3 is 2.69 bits per heavy atom. The molecule has 8 nitrogen and oxygen atoms in total. The Labute approximate surface area is 150 Å². The van der Waals surface area contributed by atoms with E-state index in [1.165, 1.54) is 10.5 Å². The minimum atomic E-state index is -0.889. The summed E-state index contributed by atoms with van der Waals surface area (Å²) in [6.07, 6.45) is 2.72. The number of anilines is 1. The van der Waals surface area contributed by atoms with Gasteiger partial charge in [-0.05, 0) is 32.1 Å². The van der Waals surface area contributed by atoms with E-state index in [2.05, 4.69) is 4.98 Å². The standard InChI is InChI=1S/C18H19N5O3/c1-11-9-22(10-12(2)26-11)17-14(7-13(8-19)16(20)24)18(25)23-6-4-3-5-15(23)21-17/h3-7,11-12H,9-10H2,1-2H3,(H2,20,24). The van der Waals surface area contributed by atoms with E-state index < -0.39 is 5.91 Å². The van der Waals surface area contributed by atoms with Crippen LogP contribution in [0.5, 0.6) is 0 Å². The van der Waals surface area contributed by atoms with E-state index in [-0.39, 0.29) is 28.9 Å². The average molecular weight is 353 g/mol. The average Bonchev–Trinajstić information content (AvgIpc) is 2.59. The number of nitrogens with two attached hydrogens (primary N) is 1. The molecule has 1 fully saturated rings. The number of nitrogens with zero attached hydrogens (tertiary/aromatic N) is 4. The molecule has 2 N–H and O–H groups in total. The normalized spacial score (nSPS) is 20.8. The Balaban J connectivity index is 2.26. The van der Waals surface area contributed by atoms with Gasteiger partial charge in [0.05, 0.1) is 17.8 Å². The van der Waals surface area contributed by atoms with E-state index in [9.17, 15) is 9.59 Å². The van der Waals surface area contributed by atoms with Crippen molar-refractivity contribution < 1.29 is 9.53 Å². The van der Waals surface area contributed by atoms with Crippen molar-refractivity contribution in [1.29, 1.82) is 5.26 Å². The SMILES string of the molecule is CC1CN(c2nc3ccccn3c(=O)c2C=C(C#N)C(N)=O)CC(C)O1. The molecule has 0 aliphatic carbocycles. The molecule has 0 bridgehead atoms. The smallest absolute Gasteiger partial charge is 0.267 e. The second-order valence-corrected chi connectivity index (χ2v) is 6.28. The lowest BCUT2D eigenvalue weighted by Crippen LogP contribution is -2.46. The first-order chi connectivity index (χ1) is 12.4. The van der Waals surface area contributed by atoms with Crippen LogP contribution in [0, 0.1) is 11.3 Å². The Bertz CT molecular complexity index is 978. The molecule has 0 radical (unpaired) electrons. The molecule has 1 saturated heterocycles. The van der Waals surface area contributed by atoms with Crippen LogP contribution in [0.15, 0.2) is 34.8 Å². The highest BCUT2D eigenvalue weighted by molar-refractivity contribution is 6.01. The van der Waals surface area contributed by atoms with E-state index in [0.29, 0.717) is 24.6 Å². The third-order valence-corrected chi connectivity index (χ3v) is 4.14. The molecule has 1 aliphatic rings. The van der Waals surface area contributed by atoms with Crippen molar-refractivity contribution in [1.82, 2.24) is 9.38 Å². The lowest BCUT2D eigenvalue weighted by molar-refractivity contribution is -0.114. The van der Waals surface area contributed by atoms with Crippen molar-refractivity contribution >= 4 is 23.4 Å². The topological polar surface area (TPSA) is 114 Å². The molecule has 0 saturated carbocycles. The number of carbonyl (C=O) groups is 1. The lowest BCUT2D eigenvalue weighted by Gasteiger charge is -2.36. The van der Waals surface area contributed by atoms with E-state index in [1.54, 1.807) is 30.5 Å². The molecule has 2 atom stereocenters. The Hall–Kier alpha value is -3.18.